The molecule has 1 N–H and O–H groups in total. The van der Waals surface area contributed by atoms with Crippen molar-refractivity contribution >= 4 is 21.8 Å². The van der Waals surface area contributed by atoms with E-state index in [1.54, 1.807) is 6.07 Å². The molecule has 1 aliphatic rings. The fourth-order valence-electron chi connectivity index (χ4n) is 2.12. The number of hydrogen-bond donors (Lipinski definition) is 1. The zero-order valence-electron chi connectivity index (χ0n) is 11.0. The van der Waals surface area contributed by atoms with Gasteiger partial charge in [0.1, 0.15) is 5.82 Å². The molecule has 1 amide bonds. The van der Waals surface area contributed by atoms with Crippen molar-refractivity contribution in [2.45, 2.75) is 25.8 Å². The molecule has 5 heteroatoms. The average molecular weight is 329 g/mol. The van der Waals surface area contributed by atoms with E-state index in [1.807, 2.05) is 0 Å². The maximum atomic E-state index is 13.5. The molecule has 1 aromatic carbocycles. The number of amides is 1. The standard InChI is InChI=1S/C14H18BrFN2O/c1-2-18(11-4-5-11)8-7-17-14(19)12-9-10(15)3-6-13(12)16/h3,6,9,11H,2,4-5,7-8H2,1H3,(H,17,19). The fourth-order valence-corrected chi connectivity index (χ4v) is 2.48. The number of carbonyl (C=O) groups excluding carboxylic acids is 1. The molecule has 19 heavy (non-hydrogen) atoms. The Morgan fingerprint density at radius 2 is 2.26 bits per heavy atom. The third-order valence-corrected chi connectivity index (χ3v) is 3.82. The molecule has 0 spiro atoms. The molecule has 0 aliphatic heterocycles. The fraction of sp³-hybridized carbons (Fsp3) is 0.500. The number of benzene rings is 1. The van der Waals surface area contributed by atoms with Gasteiger partial charge in [-0.25, -0.2) is 4.39 Å². The average Bonchev–Trinajstić information content (AvgIpc) is 3.21. The highest BCUT2D eigenvalue weighted by atomic mass is 79.9. The van der Waals surface area contributed by atoms with Crippen LogP contribution in [0.5, 0.6) is 0 Å². The van der Waals surface area contributed by atoms with Gasteiger partial charge < -0.3 is 5.32 Å². The van der Waals surface area contributed by atoms with Crippen molar-refractivity contribution in [2.24, 2.45) is 0 Å². The molecule has 0 unspecified atom stereocenters. The van der Waals surface area contributed by atoms with Crippen LogP contribution >= 0.6 is 15.9 Å². The topological polar surface area (TPSA) is 32.3 Å². The molecule has 1 fully saturated rings. The van der Waals surface area contributed by atoms with E-state index in [1.165, 1.54) is 25.0 Å². The Morgan fingerprint density at radius 3 is 2.89 bits per heavy atom. The van der Waals surface area contributed by atoms with E-state index in [0.717, 1.165) is 13.1 Å². The van der Waals surface area contributed by atoms with Crippen LogP contribution in [0.25, 0.3) is 0 Å². The summed E-state index contributed by atoms with van der Waals surface area (Å²) in [4.78, 5) is 14.2. The van der Waals surface area contributed by atoms with E-state index in [9.17, 15) is 9.18 Å². The number of halogens is 2. The molecule has 0 bridgehead atoms. The molecule has 2 rings (SSSR count). The molecule has 0 saturated heterocycles. The maximum absolute atomic E-state index is 13.5. The van der Waals surface area contributed by atoms with Crippen LogP contribution < -0.4 is 5.32 Å². The minimum absolute atomic E-state index is 0.0869. The second kappa shape index (κ2) is 6.48. The van der Waals surface area contributed by atoms with Crippen molar-refractivity contribution < 1.29 is 9.18 Å². The van der Waals surface area contributed by atoms with Crippen LogP contribution in [0.1, 0.15) is 30.1 Å². The van der Waals surface area contributed by atoms with Gasteiger partial charge in [-0.3, -0.25) is 9.69 Å². The van der Waals surface area contributed by atoms with Crippen molar-refractivity contribution in [2.75, 3.05) is 19.6 Å². The molecule has 1 saturated carbocycles. The van der Waals surface area contributed by atoms with Gasteiger partial charge in [-0.15, -0.1) is 0 Å². The van der Waals surface area contributed by atoms with Gasteiger partial charge in [0.05, 0.1) is 5.56 Å². The Kier molecular flexibility index (Phi) is 4.93. The molecular weight excluding hydrogens is 311 g/mol. The van der Waals surface area contributed by atoms with Crippen LogP contribution in [0.2, 0.25) is 0 Å². The van der Waals surface area contributed by atoms with E-state index in [4.69, 9.17) is 0 Å². The van der Waals surface area contributed by atoms with Crippen LogP contribution in [0.4, 0.5) is 4.39 Å². The van der Waals surface area contributed by atoms with Crippen LogP contribution in [0, 0.1) is 5.82 Å². The number of hydrogen-bond acceptors (Lipinski definition) is 2. The molecular formula is C14H18BrFN2O. The molecule has 1 aliphatic carbocycles. The van der Waals surface area contributed by atoms with E-state index in [0.29, 0.717) is 17.1 Å². The molecule has 1 aromatic rings. The van der Waals surface area contributed by atoms with Gasteiger partial charge in [0.15, 0.2) is 0 Å². The van der Waals surface area contributed by atoms with Gasteiger partial charge in [-0.05, 0) is 37.6 Å². The van der Waals surface area contributed by atoms with Crippen LogP contribution in [-0.4, -0.2) is 36.5 Å². The van der Waals surface area contributed by atoms with Gasteiger partial charge in [0.2, 0.25) is 0 Å². The predicted molar refractivity (Wildman–Crippen MR) is 76.7 cm³/mol. The minimum atomic E-state index is -0.491. The van der Waals surface area contributed by atoms with Gasteiger partial charge in [0, 0.05) is 23.6 Å². The molecule has 3 nitrogen and oxygen atoms in total. The van der Waals surface area contributed by atoms with E-state index < -0.39 is 5.82 Å². The van der Waals surface area contributed by atoms with Gasteiger partial charge in [0.25, 0.3) is 5.91 Å². The normalized spacial score (nSPS) is 14.7. The number of rotatable bonds is 6. The summed E-state index contributed by atoms with van der Waals surface area (Å²) in [6.45, 7) is 4.48. The molecule has 0 heterocycles. The first kappa shape index (κ1) is 14.5. The summed E-state index contributed by atoms with van der Waals surface area (Å²) in [6.07, 6.45) is 2.50. The summed E-state index contributed by atoms with van der Waals surface area (Å²) in [6, 6.07) is 5.06. The Bertz CT molecular complexity index is 463. The summed E-state index contributed by atoms with van der Waals surface area (Å²) >= 11 is 3.24. The highest BCUT2D eigenvalue weighted by Gasteiger charge is 2.27. The monoisotopic (exact) mass is 328 g/mol. The first-order valence-electron chi connectivity index (χ1n) is 6.59. The quantitative estimate of drug-likeness (QED) is 0.870. The molecule has 0 aromatic heterocycles. The Morgan fingerprint density at radius 1 is 1.53 bits per heavy atom. The third-order valence-electron chi connectivity index (χ3n) is 3.33. The lowest BCUT2D eigenvalue weighted by atomic mass is 10.2. The number of carbonyl (C=O) groups is 1. The summed E-state index contributed by atoms with van der Waals surface area (Å²) in [5, 5.41) is 2.77. The SMILES string of the molecule is CCN(CCNC(=O)c1cc(Br)ccc1F)C1CC1. The first-order chi connectivity index (χ1) is 9.11. The zero-order valence-corrected chi connectivity index (χ0v) is 12.5. The lowest BCUT2D eigenvalue weighted by molar-refractivity contribution is 0.0944. The Balaban J connectivity index is 1.85. The van der Waals surface area contributed by atoms with Crippen molar-refractivity contribution in [3.63, 3.8) is 0 Å². The smallest absolute Gasteiger partial charge is 0.254 e. The van der Waals surface area contributed by atoms with Gasteiger partial charge in [-0.2, -0.15) is 0 Å². The van der Waals surface area contributed by atoms with Crippen molar-refractivity contribution in [1.82, 2.24) is 10.2 Å². The lowest BCUT2D eigenvalue weighted by Gasteiger charge is -2.19. The van der Waals surface area contributed by atoms with Crippen molar-refractivity contribution in [1.29, 1.82) is 0 Å². The summed E-state index contributed by atoms with van der Waals surface area (Å²) in [5.74, 6) is -0.846. The highest BCUT2D eigenvalue weighted by Crippen LogP contribution is 2.25. The van der Waals surface area contributed by atoms with Crippen molar-refractivity contribution in [3.05, 3.63) is 34.1 Å². The third kappa shape index (κ3) is 4.01. The number of nitrogens with zero attached hydrogens (tertiary/aromatic N) is 1. The molecule has 0 radical (unpaired) electrons. The zero-order chi connectivity index (χ0) is 13.8. The number of likely N-dealkylation sites (N-methyl/N-ethyl adjacent to an activating group) is 1. The van der Waals surface area contributed by atoms with E-state index in [-0.39, 0.29) is 11.5 Å². The highest BCUT2D eigenvalue weighted by molar-refractivity contribution is 9.10. The largest absolute Gasteiger partial charge is 0.351 e. The second-order valence-corrected chi connectivity index (χ2v) is 5.66. The molecule has 104 valence electrons. The second-order valence-electron chi connectivity index (χ2n) is 4.74. The Hall–Kier alpha value is -0.940. The van der Waals surface area contributed by atoms with Gasteiger partial charge in [-0.1, -0.05) is 22.9 Å². The van der Waals surface area contributed by atoms with Crippen LogP contribution in [0.3, 0.4) is 0 Å². The molecule has 0 atom stereocenters. The van der Waals surface area contributed by atoms with Crippen LogP contribution in [0.15, 0.2) is 22.7 Å². The van der Waals surface area contributed by atoms with E-state index >= 15 is 0 Å². The lowest BCUT2D eigenvalue weighted by Crippen LogP contribution is -2.36. The van der Waals surface area contributed by atoms with Crippen molar-refractivity contribution in [3.8, 4) is 0 Å². The van der Waals surface area contributed by atoms with E-state index in [2.05, 4.69) is 33.1 Å². The van der Waals surface area contributed by atoms with Crippen LogP contribution in [-0.2, 0) is 0 Å². The van der Waals surface area contributed by atoms with Gasteiger partial charge >= 0.3 is 0 Å². The maximum Gasteiger partial charge on any atom is 0.254 e. The minimum Gasteiger partial charge on any atom is -0.351 e. The summed E-state index contributed by atoms with van der Waals surface area (Å²) < 4.78 is 14.2. The number of nitrogens with one attached hydrogen (secondary N) is 1. The summed E-state index contributed by atoms with van der Waals surface area (Å²) in [7, 11) is 0. The first-order valence-corrected chi connectivity index (χ1v) is 7.38. The predicted octanol–water partition coefficient (Wildman–Crippen LogP) is 2.80. The Labute approximate surface area is 121 Å². The summed E-state index contributed by atoms with van der Waals surface area (Å²) in [5.41, 5.74) is 0.0869.